The van der Waals surface area contributed by atoms with E-state index in [1.54, 1.807) is 7.11 Å². The van der Waals surface area contributed by atoms with Crippen molar-refractivity contribution >= 4 is 17.7 Å². The molecule has 1 aromatic heterocycles. The van der Waals surface area contributed by atoms with Gasteiger partial charge in [0, 0.05) is 6.54 Å². The summed E-state index contributed by atoms with van der Waals surface area (Å²) in [4.78, 5) is 13.1. The van der Waals surface area contributed by atoms with Crippen molar-refractivity contribution in [3.8, 4) is 5.75 Å². The molecule has 0 saturated carbocycles. The molecule has 0 aliphatic carbocycles. The van der Waals surface area contributed by atoms with Crippen LogP contribution in [0.25, 0.3) is 0 Å². The van der Waals surface area contributed by atoms with Crippen LogP contribution in [0.1, 0.15) is 28.6 Å². The Labute approximate surface area is 173 Å². The van der Waals surface area contributed by atoms with Crippen LogP contribution in [0.3, 0.4) is 0 Å². The number of ether oxygens (including phenoxy) is 1. The van der Waals surface area contributed by atoms with E-state index in [0.717, 1.165) is 22.7 Å². The van der Waals surface area contributed by atoms with E-state index in [9.17, 15) is 4.79 Å². The molecule has 150 valence electrons. The van der Waals surface area contributed by atoms with Crippen molar-refractivity contribution in [2.75, 3.05) is 12.5 Å². The second kappa shape index (κ2) is 8.16. The topological polar surface area (TPSA) is 81.1 Å². The predicted octanol–water partition coefficient (Wildman–Crippen LogP) is 2.98. The minimum atomic E-state index is -0.384. The number of nitrogens with zero attached hydrogens (tertiary/aromatic N) is 3. The van der Waals surface area contributed by atoms with E-state index in [1.165, 1.54) is 17.3 Å². The Bertz CT molecular complexity index is 1000. The Morgan fingerprint density at radius 1 is 1.14 bits per heavy atom. The van der Waals surface area contributed by atoms with E-state index in [1.807, 2.05) is 67.1 Å². The lowest BCUT2D eigenvalue weighted by molar-refractivity contribution is -0.121. The lowest BCUT2D eigenvalue weighted by Crippen LogP contribution is -2.44. The molecule has 0 spiro atoms. The van der Waals surface area contributed by atoms with Crippen LogP contribution in [0.5, 0.6) is 5.75 Å². The van der Waals surface area contributed by atoms with Crippen molar-refractivity contribution in [1.29, 1.82) is 0 Å². The number of aryl methyl sites for hydroxylation is 2. The lowest BCUT2D eigenvalue weighted by Gasteiger charge is -2.32. The molecule has 0 saturated heterocycles. The van der Waals surface area contributed by atoms with Gasteiger partial charge in [-0.3, -0.25) is 4.79 Å². The van der Waals surface area contributed by atoms with Crippen LogP contribution in [-0.4, -0.2) is 33.1 Å². The average molecular weight is 410 g/mol. The summed E-state index contributed by atoms with van der Waals surface area (Å²) in [6.07, 6.45) is 0. The Kier molecular flexibility index (Phi) is 5.44. The van der Waals surface area contributed by atoms with Crippen molar-refractivity contribution in [3.63, 3.8) is 0 Å². The minimum Gasteiger partial charge on any atom is -0.497 e. The third kappa shape index (κ3) is 4.07. The first kappa shape index (κ1) is 19.3. The molecule has 2 atom stereocenters. The molecule has 3 aromatic rings. The SMILES string of the molecule is COc1ccc([C@@H]2Nn3c(C)nnc3S[C@H]2C(=O)NCc2ccc(C)cc2)cc1. The fourth-order valence-electron chi connectivity index (χ4n) is 3.22. The van der Waals surface area contributed by atoms with E-state index in [4.69, 9.17) is 4.74 Å². The van der Waals surface area contributed by atoms with Gasteiger partial charge in [0.2, 0.25) is 11.1 Å². The van der Waals surface area contributed by atoms with E-state index in [-0.39, 0.29) is 17.2 Å². The summed E-state index contributed by atoms with van der Waals surface area (Å²) in [5, 5.41) is 11.7. The zero-order valence-electron chi connectivity index (χ0n) is 16.5. The van der Waals surface area contributed by atoms with Gasteiger partial charge in [0.15, 0.2) is 0 Å². The maximum Gasteiger partial charge on any atom is 0.236 e. The van der Waals surface area contributed by atoms with Crippen LogP contribution in [0.2, 0.25) is 0 Å². The van der Waals surface area contributed by atoms with Gasteiger partial charge in [-0.1, -0.05) is 53.7 Å². The van der Waals surface area contributed by atoms with Gasteiger partial charge < -0.3 is 15.5 Å². The van der Waals surface area contributed by atoms with Gasteiger partial charge >= 0.3 is 0 Å². The molecule has 0 fully saturated rings. The molecule has 2 aromatic carbocycles. The fraction of sp³-hybridized carbons (Fsp3) is 0.286. The summed E-state index contributed by atoms with van der Waals surface area (Å²) >= 11 is 1.42. The Hall–Kier alpha value is -3.00. The molecule has 0 unspecified atom stereocenters. The molecule has 0 bridgehead atoms. The van der Waals surface area contributed by atoms with Crippen LogP contribution >= 0.6 is 11.8 Å². The number of carbonyl (C=O) groups is 1. The van der Waals surface area contributed by atoms with E-state index in [2.05, 4.69) is 20.9 Å². The highest BCUT2D eigenvalue weighted by molar-refractivity contribution is 8.00. The van der Waals surface area contributed by atoms with Crippen LogP contribution in [0.4, 0.5) is 0 Å². The zero-order chi connectivity index (χ0) is 20.4. The van der Waals surface area contributed by atoms with Crippen LogP contribution in [0.15, 0.2) is 53.7 Å². The smallest absolute Gasteiger partial charge is 0.236 e. The highest BCUT2D eigenvalue weighted by atomic mass is 32.2. The van der Waals surface area contributed by atoms with E-state index < -0.39 is 0 Å². The number of nitrogens with one attached hydrogen (secondary N) is 2. The molecule has 2 heterocycles. The van der Waals surface area contributed by atoms with Crippen LogP contribution in [0, 0.1) is 13.8 Å². The van der Waals surface area contributed by atoms with Crippen molar-refractivity contribution < 1.29 is 9.53 Å². The van der Waals surface area contributed by atoms with Gasteiger partial charge in [-0.25, -0.2) is 4.68 Å². The normalized spacial score (nSPS) is 17.9. The summed E-state index contributed by atoms with van der Waals surface area (Å²) in [5.74, 6) is 1.49. The molecular weight excluding hydrogens is 386 g/mol. The second-order valence-electron chi connectivity index (χ2n) is 6.99. The molecule has 1 amide bonds. The number of rotatable bonds is 5. The molecule has 7 nitrogen and oxygen atoms in total. The van der Waals surface area contributed by atoms with Gasteiger partial charge in [-0.2, -0.15) is 0 Å². The number of hydrogen-bond donors (Lipinski definition) is 2. The first-order valence-electron chi connectivity index (χ1n) is 9.37. The summed E-state index contributed by atoms with van der Waals surface area (Å²) in [6, 6.07) is 15.7. The third-order valence-corrected chi connectivity index (χ3v) is 6.13. The molecular formula is C21H23N5O2S. The third-order valence-electron chi connectivity index (χ3n) is 4.92. The Morgan fingerprint density at radius 3 is 2.55 bits per heavy atom. The molecule has 8 heteroatoms. The monoisotopic (exact) mass is 409 g/mol. The lowest BCUT2D eigenvalue weighted by atomic mass is 10.0. The summed E-state index contributed by atoms with van der Waals surface area (Å²) < 4.78 is 7.10. The summed E-state index contributed by atoms with van der Waals surface area (Å²) in [6.45, 7) is 4.41. The molecule has 1 aliphatic rings. The number of carbonyl (C=O) groups excluding carboxylic acids is 1. The fourth-order valence-corrected chi connectivity index (χ4v) is 4.37. The number of aromatic nitrogens is 3. The molecule has 0 radical (unpaired) electrons. The Balaban J connectivity index is 1.57. The average Bonchev–Trinajstić information content (AvgIpc) is 3.12. The number of benzene rings is 2. The van der Waals surface area contributed by atoms with Gasteiger partial charge in [0.05, 0.1) is 13.2 Å². The number of hydrogen-bond acceptors (Lipinski definition) is 6. The van der Waals surface area contributed by atoms with Crippen LogP contribution in [-0.2, 0) is 11.3 Å². The molecule has 1 aliphatic heterocycles. The molecule has 4 rings (SSSR count). The standard InChI is InChI=1S/C21H23N5O2S/c1-13-4-6-15(7-5-13)12-22-20(27)19-18(16-8-10-17(28-3)11-9-16)25-26-14(2)23-24-21(26)29-19/h4-11,18-19,25H,12H2,1-3H3,(H,22,27)/t18-,19+/m0/s1. The Morgan fingerprint density at radius 2 is 1.86 bits per heavy atom. The van der Waals surface area contributed by atoms with Gasteiger partial charge in [0.1, 0.15) is 16.8 Å². The van der Waals surface area contributed by atoms with Gasteiger partial charge in [0.25, 0.3) is 0 Å². The highest BCUT2D eigenvalue weighted by Crippen LogP contribution is 2.37. The highest BCUT2D eigenvalue weighted by Gasteiger charge is 2.37. The first-order chi connectivity index (χ1) is 14.0. The van der Waals surface area contributed by atoms with Crippen molar-refractivity contribution in [2.45, 2.75) is 36.8 Å². The number of methoxy groups -OCH3 is 1. The number of fused-ring (bicyclic) bond motifs is 1. The number of amides is 1. The summed E-state index contributed by atoms with van der Waals surface area (Å²) in [5.41, 5.74) is 6.66. The van der Waals surface area contributed by atoms with Crippen molar-refractivity contribution in [1.82, 2.24) is 20.2 Å². The van der Waals surface area contributed by atoms with E-state index in [0.29, 0.717) is 11.7 Å². The number of thioether (sulfide) groups is 1. The quantitative estimate of drug-likeness (QED) is 0.674. The second-order valence-corrected chi connectivity index (χ2v) is 8.10. The van der Waals surface area contributed by atoms with Crippen molar-refractivity contribution in [2.24, 2.45) is 0 Å². The maximum atomic E-state index is 13.1. The zero-order valence-corrected chi connectivity index (χ0v) is 17.4. The summed E-state index contributed by atoms with van der Waals surface area (Å²) in [7, 11) is 1.64. The van der Waals surface area contributed by atoms with Crippen LogP contribution < -0.4 is 15.5 Å². The molecule has 2 N–H and O–H groups in total. The van der Waals surface area contributed by atoms with Gasteiger partial charge in [-0.05, 0) is 37.1 Å². The van der Waals surface area contributed by atoms with Crippen molar-refractivity contribution in [3.05, 3.63) is 71.0 Å². The largest absolute Gasteiger partial charge is 0.497 e. The molecule has 29 heavy (non-hydrogen) atoms. The predicted molar refractivity (Wildman–Crippen MR) is 113 cm³/mol. The maximum absolute atomic E-state index is 13.1. The minimum absolute atomic E-state index is 0.0456. The van der Waals surface area contributed by atoms with E-state index >= 15 is 0 Å². The van der Waals surface area contributed by atoms with Gasteiger partial charge in [-0.15, -0.1) is 10.2 Å². The first-order valence-corrected chi connectivity index (χ1v) is 10.3.